The van der Waals surface area contributed by atoms with Crippen LogP contribution in [0.15, 0.2) is 11.4 Å². The Kier molecular flexibility index (Phi) is 4.89. The third-order valence-electron chi connectivity index (χ3n) is 2.71. The van der Waals surface area contributed by atoms with Gasteiger partial charge in [0.05, 0.1) is 6.54 Å². The van der Waals surface area contributed by atoms with E-state index in [9.17, 15) is 0 Å². The molecule has 0 unspecified atom stereocenters. The summed E-state index contributed by atoms with van der Waals surface area (Å²) in [6, 6.07) is 1.94. The van der Waals surface area contributed by atoms with Crippen LogP contribution in [0.5, 0.6) is 0 Å². The summed E-state index contributed by atoms with van der Waals surface area (Å²) in [5.41, 5.74) is 1.06. The molecule has 0 aliphatic heterocycles. The molecule has 108 valence electrons. The maximum absolute atomic E-state index is 4.55. The summed E-state index contributed by atoms with van der Waals surface area (Å²) in [5.74, 6) is 2.86. The van der Waals surface area contributed by atoms with Gasteiger partial charge in [0.2, 0.25) is 0 Å². The average molecular weight is 291 g/mol. The molecule has 2 N–H and O–H groups in total. The summed E-state index contributed by atoms with van der Waals surface area (Å²) >= 11 is 1.66. The number of anilines is 2. The maximum Gasteiger partial charge on any atom is 0.135 e. The Hall–Kier alpha value is -1.69. The number of hydrogen-bond acceptors (Lipinski definition) is 6. The first-order chi connectivity index (χ1) is 9.58. The molecule has 0 bridgehead atoms. The van der Waals surface area contributed by atoms with Crippen molar-refractivity contribution < 1.29 is 0 Å². The molecule has 20 heavy (non-hydrogen) atoms. The van der Waals surface area contributed by atoms with E-state index in [4.69, 9.17) is 0 Å². The van der Waals surface area contributed by atoms with Gasteiger partial charge in [-0.1, -0.05) is 13.8 Å². The van der Waals surface area contributed by atoms with E-state index in [1.807, 2.05) is 13.0 Å². The van der Waals surface area contributed by atoms with E-state index in [-0.39, 0.29) is 0 Å². The van der Waals surface area contributed by atoms with Gasteiger partial charge in [-0.2, -0.15) is 0 Å². The molecule has 0 aliphatic carbocycles. The van der Waals surface area contributed by atoms with E-state index in [2.05, 4.69) is 51.7 Å². The van der Waals surface area contributed by atoms with Crippen molar-refractivity contribution in [3.8, 4) is 0 Å². The minimum Gasteiger partial charge on any atom is -0.370 e. The van der Waals surface area contributed by atoms with E-state index in [1.165, 1.54) is 0 Å². The van der Waals surface area contributed by atoms with E-state index in [0.29, 0.717) is 12.5 Å². The molecule has 2 aromatic rings. The lowest BCUT2D eigenvalue weighted by molar-refractivity contribution is 0.775. The maximum atomic E-state index is 4.55. The smallest absolute Gasteiger partial charge is 0.135 e. The topological polar surface area (TPSA) is 62.7 Å². The third-order valence-corrected chi connectivity index (χ3v) is 3.67. The molecule has 0 spiro atoms. The second kappa shape index (κ2) is 6.65. The first-order valence-electron chi connectivity index (χ1n) is 6.86. The zero-order valence-corrected chi connectivity index (χ0v) is 13.2. The van der Waals surface area contributed by atoms with Crippen molar-refractivity contribution >= 4 is 23.0 Å². The van der Waals surface area contributed by atoms with Gasteiger partial charge in [0.15, 0.2) is 0 Å². The van der Waals surface area contributed by atoms with Crippen molar-refractivity contribution in [1.82, 2.24) is 15.0 Å². The number of thiazole rings is 1. The fourth-order valence-electron chi connectivity index (χ4n) is 1.74. The van der Waals surface area contributed by atoms with Gasteiger partial charge in [-0.05, 0) is 13.8 Å². The number of nitrogens with one attached hydrogen (secondary N) is 2. The van der Waals surface area contributed by atoms with Gasteiger partial charge in [0.1, 0.15) is 22.5 Å². The molecule has 0 atom stereocenters. The van der Waals surface area contributed by atoms with Gasteiger partial charge < -0.3 is 10.6 Å². The first-order valence-corrected chi connectivity index (χ1v) is 7.74. The highest BCUT2D eigenvalue weighted by Crippen LogP contribution is 2.18. The molecule has 0 saturated carbocycles. The predicted molar refractivity (Wildman–Crippen MR) is 84.5 cm³/mol. The predicted octanol–water partition coefficient (Wildman–Crippen LogP) is 3.41. The van der Waals surface area contributed by atoms with Gasteiger partial charge >= 0.3 is 0 Å². The summed E-state index contributed by atoms with van der Waals surface area (Å²) in [6.45, 7) is 9.80. The lowest BCUT2D eigenvalue weighted by Crippen LogP contribution is -2.09. The highest BCUT2D eigenvalue weighted by Gasteiger charge is 2.08. The second-order valence-electron chi connectivity index (χ2n) is 4.92. The summed E-state index contributed by atoms with van der Waals surface area (Å²) in [4.78, 5) is 13.5. The zero-order valence-electron chi connectivity index (χ0n) is 12.4. The Labute approximate surface area is 123 Å². The summed E-state index contributed by atoms with van der Waals surface area (Å²) in [5, 5.41) is 9.69. The van der Waals surface area contributed by atoms with Crippen LogP contribution >= 0.6 is 11.3 Å². The fourth-order valence-corrected chi connectivity index (χ4v) is 2.45. The van der Waals surface area contributed by atoms with Crippen molar-refractivity contribution in [3.05, 3.63) is 28.0 Å². The molecule has 0 radical (unpaired) electrons. The Balaban J connectivity index is 2.13. The molecule has 2 rings (SSSR count). The monoisotopic (exact) mass is 291 g/mol. The number of nitrogens with zero attached hydrogens (tertiary/aromatic N) is 3. The van der Waals surface area contributed by atoms with Crippen molar-refractivity contribution in [2.75, 3.05) is 17.2 Å². The molecule has 0 saturated heterocycles. The molecule has 5 nitrogen and oxygen atoms in total. The van der Waals surface area contributed by atoms with Crippen LogP contribution in [0.3, 0.4) is 0 Å². The Morgan fingerprint density at radius 3 is 2.40 bits per heavy atom. The quantitative estimate of drug-likeness (QED) is 0.854. The van der Waals surface area contributed by atoms with Crippen molar-refractivity contribution in [1.29, 1.82) is 0 Å². The fraction of sp³-hybridized carbons (Fsp3) is 0.500. The summed E-state index contributed by atoms with van der Waals surface area (Å²) < 4.78 is 0. The van der Waals surface area contributed by atoms with E-state index in [1.54, 1.807) is 11.3 Å². The van der Waals surface area contributed by atoms with Crippen LogP contribution in [0.1, 0.15) is 43.2 Å². The van der Waals surface area contributed by atoms with Crippen LogP contribution < -0.4 is 10.6 Å². The molecule has 0 amide bonds. The minimum absolute atomic E-state index is 0.302. The number of hydrogen-bond donors (Lipinski definition) is 2. The van der Waals surface area contributed by atoms with Crippen LogP contribution in [-0.2, 0) is 6.54 Å². The van der Waals surface area contributed by atoms with E-state index < -0.39 is 0 Å². The highest BCUT2D eigenvalue weighted by atomic mass is 32.1. The van der Waals surface area contributed by atoms with Gasteiger partial charge in [-0.15, -0.1) is 11.3 Å². The van der Waals surface area contributed by atoms with Gasteiger partial charge in [-0.25, -0.2) is 15.0 Å². The van der Waals surface area contributed by atoms with Crippen LogP contribution in [0.2, 0.25) is 0 Å². The zero-order chi connectivity index (χ0) is 14.5. The van der Waals surface area contributed by atoms with E-state index >= 15 is 0 Å². The Bertz CT molecular complexity index is 564. The normalized spacial score (nSPS) is 10.8. The number of aryl methyl sites for hydroxylation is 1. The summed E-state index contributed by atoms with van der Waals surface area (Å²) in [7, 11) is 0. The molecule has 2 aromatic heterocycles. The SMILES string of the molecule is CCNc1cc(NCc2nc(C)cs2)nc(C(C)C)n1. The molecule has 2 heterocycles. The third kappa shape index (κ3) is 3.90. The van der Waals surface area contributed by atoms with Gasteiger partial charge in [0, 0.05) is 29.6 Å². The minimum atomic E-state index is 0.302. The molecular formula is C14H21N5S. The largest absolute Gasteiger partial charge is 0.370 e. The molecule has 0 aliphatic rings. The molecule has 0 fully saturated rings. The van der Waals surface area contributed by atoms with Crippen LogP contribution in [0.25, 0.3) is 0 Å². The van der Waals surface area contributed by atoms with Crippen LogP contribution in [0.4, 0.5) is 11.6 Å². The standard InChI is InChI=1S/C14H21N5S/c1-5-15-11-6-12(19-14(18-11)9(2)3)16-7-13-17-10(4)8-20-13/h6,8-9H,5,7H2,1-4H3,(H2,15,16,18,19). The first kappa shape index (κ1) is 14.7. The van der Waals surface area contributed by atoms with Gasteiger partial charge in [0.25, 0.3) is 0 Å². The lowest BCUT2D eigenvalue weighted by Gasteiger charge is -2.11. The Morgan fingerprint density at radius 1 is 1.15 bits per heavy atom. The van der Waals surface area contributed by atoms with Gasteiger partial charge in [-0.3, -0.25) is 0 Å². The van der Waals surface area contributed by atoms with E-state index in [0.717, 1.165) is 34.7 Å². The van der Waals surface area contributed by atoms with Crippen LogP contribution in [-0.4, -0.2) is 21.5 Å². The van der Waals surface area contributed by atoms with Crippen molar-refractivity contribution in [2.45, 2.75) is 40.2 Å². The Morgan fingerprint density at radius 2 is 1.85 bits per heavy atom. The molecule has 0 aromatic carbocycles. The number of rotatable bonds is 6. The van der Waals surface area contributed by atoms with Crippen LogP contribution in [0, 0.1) is 6.92 Å². The van der Waals surface area contributed by atoms with Crippen molar-refractivity contribution in [3.63, 3.8) is 0 Å². The second-order valence-corrected chi connectivity index (χ2v) is 5.86. The summed E-state index contributed by atoms with van der Waals surface area (Å²) in [6.07, 6.45) is 0. The number of aromatic nitrogens is 3. The highest BCUT2D eigenvalue weighted by molar-refractivity contribution is 7.09. The molecular weight excluding hydrogens is 270 g/mol. The average Bonchev–Trinajstić information content (AvgIpc) is 2.82. The molecule has 6 heteroatoms. The lowest BCUT2D eigenvalue weighted by atomic mass is 10.2. The van der Waals surface area contributed by atoms with Crippen molar-refractivity contribution in [2.24, 2.45) is 0 Å².